The Balaban J connectivity index is 2.19. The van der Waals surface area contributed by atoms with E-state index >= 15 is 0 Å². The van der Waals surface area contributed by atoms with E-state index < -0.39 is 23.8 Å². The lowest BCUT2D eigenvalue weighted by atomic mass is 9.90. The topological polar surface area (TPSA) is 69.6 Å². The predicted molar refractivity (Wildman–Crippen MR) is 85.8 cm³/mol. The van der Waals surface area contributed by atoms with Crippen molar-refractivity contribution >= 4 is 5.97 Å². The van der Waals surface area contributed by atoms with Gasteiger partial charge in [-0.15, -0.1) is 0 Å². The number of rotatable bonds is 7. The second-order valence-corrected chi connectivity index (χ2v) is 5.94. The van der Waals surface area contributed by atoms with Crippen LogP contribution in [-0.2, 0) is 11.2 Å². The number of hydrogen-bond donors (Lipinski definition) is 1. The molecule has 2 atom stereocenters. The van der Waals surface area contributed by atoms with E-state index in [2.05, 4.69) is 0 Å². The van der Waals surface area contributed by atoms with Gasteiger partial charge in [0.1, 0.15) is 11.6 Å². The maximum atomic E-state index is 13.0. The van der Waals surface area contributed by atoms with Crippen molar-refractivity contribution in [1.29, 1.82) is 0 Å². The second kappa shape index (κ2) is 7.93. The molecule has 24 heavy (non-hydrogen) atoms. The van der Waals surface area contributed by atoms with Crippen LogP contribution in [0.25, 0.3) is 0 Å². The monoisotopic (exact) mass is 331 g/mol. The maximum absolute atomic E-state index is 13.0. The zero-order chi connectivity index (χ0) is 17.7. The average Bonchev–Trinajstić information content (AvgIpc) is 2.52. The highest BCUT2D eigenvalue weighted by Gasteiger charge is 2.23. The number of hydrogen-bond acceptors (Lipinski definition) is 4. The Morgan fingerprint density at radius 2 is 1.88 bits per heavy atom. The van der Waals surface area contributed by atoms with Gasteiger partial charge in [0.2, 0.25) is 0 Å². The molecule has 5 heteroatoms. The van der Waals surface area contributed by atoms with E-state index in [9.17, 15) is 19.4 Å². The molecule has 2 rings (SSSR count). The second-order valence-electron chi connectivity index (χ2n) is 5.94. The van der Waals surface area contributed by atoms with E-state index in [4.69, 9.17) is 4.74 Å². The van der Waals surface area contributed by atoms with Crippen LogP contribution < -0.4 is 9.84 Å². The predicted octanol–water partition coefficient (Wildman–Crippen LogP) is 2.26. The van der Waals surface area contributed by atoms with Crippen molar-refractivity contribution in [3.63, 3.8) is 0 Å². The van der Waals surface area contributed by atoms with Crippen LogP contribution in [0.2, 0.25) is 0 Å². The van der Waals surface area contributed by atoms with Crippen LogP contribution in [0.4, 0.5) is 4.39 Å². The van der Waals surface area contributed by atoms with Gasteiger partial charge in [0.05, 0.1) is 12.2 Å². The smallest absolute Gasteiger partial charge is 0.123 e. The summed E-state index contributed by atoms with van der Waals surface area (Å²) in [6.45, 7) is 3.80. The van der Waals surface area contributed by atoms with Crippen molar-refractivity contribution in [3.05, 3.63) is 65.5 Å². The highest BCUT2D eigenvalue weighted by atomic mass is 19.1. The number of carboxylic acids is 1. The molecule has 0 aromatic heterocycles. The number of carboxylic acid groups (broad SMARTS) is 1. The molecule has 0 radical (unpaired) electrons. The zero-order valence-electron chi connectivity index (χ0n) is 13.6. The molecule has 2 unspecified atom stereocenters. The van der Waals surface area contributed by atoms with Gasteiger partial charge < -0.3 is 19.7 Å². The largest absolute Gasteiger partial charge is 0.550 e. The number of aliphatic carboxylic acids is 1. The summed E-state index contributed by atoms with van der Waals surface area (Å²) in [6.07, 6.45) is -1.21. The van der Waals surface area contributed by atoms with Crippen molar-refractivity contribution in [1.82, 2.24) is 0 Å². The third kappa shape index (κ3) is 4.80. The van der Waals surface area contributed by atoms with Crippen LogP contribution in [0.5, 0.6) is 5.75 Å². The molecule has 0 fully saturated rings. The van der Waals surface area contributed by atoms with Crippen LogP contribution in [0, 0.1) is 11.7 Å². The molecule has 4 nitrogen and oxygen atoms in total. The molecule has 0 spiro atoms. The fourth-order valence-electron chi connectivity index (χ4n) is 2.49. The van der Waals surface area contributed by atoms with Crippen LogP contribution in [0.15, 0.2) is 48.5 Å². The van der Waals surface area contributed by atoms with Crippen molar-refractivity contribution in [2.75, 3.05) is 0 Å². The van der Waals surface area contributed by atoms with E-state index in [-0.39, 0.29) is 12.5 Å². The number of carbonyl (C=O) groups excluding carboxylic acids is 1. The summed E-state index contributed by atoms with van der Waals surface area (Å²) in [5.41, 5.74) is 1.05. The van der Waals surface area contributed by atoms with E-state index in [0.717, 1.165) is 0 Å². The molecule has 0 aliphatic rings. The highest BCUT2D eigenvalue weighted by molar-refractivity contribution is 5.69. The van der Waals surface area contributed by atoms with Gasteiger partial charge in [0.15, 0.2) is 0 Å². The third-order valence-electron chi connectivity index (χ3n) is 3.62. The number of aliphatic hydroxyl groups excluding tert-OH is 1. The number of halogens is 1. The molecule has 0 saturated carbocycles. The van der Waals surface area contributed by atoms with Crippen molar-refractivity contribution in [2.45, 2.75) is 32.5 Å². The van der Waals surface area contributed by atoms with Crippen molar-refractivity contribution in [2.24, 2.45) is 5.92 Å². The number of carbonyl (C=O) groups is 1. The first-order valence-corrected chi connectivity index (χ1v) is 7.77. The summed E-state index contributed by atoms with van der Waals surface area (Å²) in [5, 5.41) is 21.8. The van der Waals surface area contributed by atoms with E-state index in [0.29, 0.717) is 16.9 Å². The molecule has 0 aliphatic carbocycles. The third-order valence-corrected chi connectivity index (χ3v) is 3.62. The normalized spacial score (nSPS) is 13.5. The standard InChI is InChI=1S/C19H21FO4/c1-12(2)24-16-5-3-4-13(10-16)11-17(19(22)23)18(21)14-6-8-15(20)9-7-14/h3-10,12,17-18,21H,11H2,1-2H3,(H,22,23)/p-1. The molecule has 0 heterocycles. The van der Waals surface area contributed by atoms with Gasteiger partial charge in [-0.2, -0.15) is 0 Å². The van der Waals surface area contributed by atoms with Gasteiger partial charge >= 0.3 is 0 Å². The van der Waals surface area contributed by atoms with Crippen LogP contribution in [-0.4, -0.2) is 17.2 Å². The fraction of sp³-hybridized carbons (Fsp3) is 0.316. The zero-order valence-corrected chi connectivity index (χ0v) is 13.6. The quantitative estimate of drug-likeness (QED) is 0.845. The molecular formula is C19H20FO4-. The van der Waals surface area contributed by atoms with Crippen LogP contribution in [0.3, 0.4) is 0 Å². The Morgan fingerprint density at radius 3 is 2.46 bits per heavy atom. The molecule has 0 bridgehead atoms. The van der Waals surface area contributed by atoms with Gasteiger partial charge in [-0.1, -0.05) is 24.3 Å². The molecule has 1 N–H and O–H groups in total. The number of benzene rings is 2. The molecule has 0 amide bonds. The van der Waals surface area contributed by atoms with E-state index in [1.54, 1.807) is 24.3 Å². The Bertz CT molecular complexity index is 682. The first-order chi connectivity index (χ1) is 11.4. The van der Waals surface area contributed by atoms with Gasteiger partial charge in [0.25, 0.3) is 0 Å². The summed E-state index contributed by atoms with van der Waals surface area (Å²) in [4.78, 5) is 11.5. The highest BCUT2D eigenvalue weighted by Crippen LogP contribution is 2.26. The number of ether oxygens (including phenoxy) is 1. The fourth-order valence-corrected chi connectivity index (χ4v) is 2.49. The summed E-state index contributed by atoms with van der Waals surface area (Å²) in [6, 6.07) is 12.2. The van der Waals surface area contributed by atoms with Crippen LogP contribution >= 0.6 is 0 Å². The Kier molecular flexibility index (Phi) is 5.93. The lowest BCUT2D eigenvalue weighted by molar-refractivity contribution is -0.314. The van der Waals surface area contributed by atoms with E-state index in [1.165, 1.54) is 24.3 Å². The molecule has 2 aromatic carbocycles. The first kappa shape index (κ1) is 17.9. The van der Waals surface area contributed by atoms with Gasteiger partial charge in [-0.25, -0.2) is 4.39 Å². The Morgan fingerprint density at radius 1 is 1.21 bits per heavy atom. The Labute approximate surface area is 140 Å². The maximum Gasteiger partial charge on any atom is 0.123 e. The summed E-state index contributed by atoms with van der Waals surface area (Å²) in [5.74, 6) is -2.32. The lowest BCUT2D eigenvalue weighted by Gasteiger charge is -2.24. The molecule has 128 valence electrons. The summed E-state index contributed by atoms with van der Waals surface area (Å²) in [7, 11) is 0. The lowest BCUT2D eigenvalue weighted by Crippen LogP contribution is -2.36. The van der Waals surface area contributed by atoms with Gasteiger partial charge in [0, 0.05) is 11.9 Å². The van der Waals surface area contributed by atoms with Crippen LogP contribution in [0.1, 0.15) is 31.1 Å². The Hall–Kier alpha value is -2.40. The minimum absolute atomic E-state index is 0.00185. The molecule has 0 aliphatic heterocycles. The first-order valence-electron chi connectivity index (χ1n) is 7.77. The average molecular weight is 331 g/mol. The minimum Gasteiger partial charge on any atom is -0.550 e. The van der Waals surface area contributed by atoms with E-state index in [1.807, 2.05) is 13.8 Å². The van der Waals surface area contributed by atoms with Gasteiger partial charge in [-0.3, -0.25) is 0 Å². The molecular weight excluding hydrogens is 311 g/mol. The van der Waals surface area contributed by atoms with Gasteiger partial charge in [-0.05, 0) is 55.7 Å². The minimum atomic E-state index is -1.36. The van der Waals surface area contributed by atoms with Crippen molar-refractivity contribution in [3.8, 4) is 5.75 Å². The SMILES string of the molecule is CC(C)Oc1cccc(CC(C(=O)[O-])C(O)c2ccc(F)cc2)c1. The molecule has 2 aromatic rings. The number of aliphatic hydroxyl groups is 1. The summed E-state index contributed by atoms with van der Waals surface area (Å²) >= 11 is 0. The van der Waals surface area contributed by atoms with Crippen molar-refractivity contribution < 1.29 is 24.1 Å². The molecule has 0 saturated heterocycles. The summed E-state index contributed by atoms with van der Waals surface area (Å²) < 4.78 is 18.6.